The standard InChI is InChI=1S/C14H18FNO3S/c1-3-4-7-16-13(17)9(2)20-12-8-10(14(18)19)5-6-11(12)15/h5-6,8-9H,3-4,7H2,1-2H3,(H,16,17)(H,18,19). The van der Waals surface area contributed by atoms with E-state index in [2.05, 4.69) is 5.32 Å². The lowest BCUT2D eigenvalue weighted by Crippen LogP contribution is -2.31. The summed E-state index contributed by atoms with van der Waals surface area (Å²) < 4.78 is 13.6. The van der Waals surface area contributed by atoms with E-state index in [1.807, 2.05) is 6.92 Å². The molecule has 1 aromatic carbocycles. The summed E-state index contributed by atoms with van der Waals surface area (Å²) in [5, 5.41) is 11.2. The van der Waals surface area contributed by atoms with Gasteiger partial charge in [0.1, 0.15) is 5.82 Å². The number of halogens is 1. The number of carbonyl (C=O) groups excluding carboxylic acids is 1. The van der Waals surface area contributed by atoms with Crippen LogP contribution in [0.2, 0.25) is 0 Å². The average Bonchev–Trinajstić information content (AvgIpc) is 2.41. The van der Waals surface area contributed by atoms with Crippen molar-refractivity contribution >= 4 is 23.6 Å². The SMILES string of the molecule is CCCCNC(=O)C(C)Sc1cc(C(=O)O)ccc1F. The number of nitrogens with one attached hydrogen (secondary N) is 1. The van der Waals surface area contributed by atoms with Crippen molar-refractivity contribution in [3.63, 3.8) is 0 Å². The first-order valence-electron chi connectivity index (χ1n) is 6.43. The van der Waals surface area contributed by atoms with Gasteiger partial charge in [-0.25, -0.2) is 9.18 Å². The Morgan fingerprint density at radius 1 is 1.45 bits per heavy atom. The molecule has 0 heterocycles. The van der Waals surface area contributed by atoms with Crippen molar-refractivity contribution in [1.82, 2.24) is 5.32 Å². The highest BCUT2D eigenvalue weighted by molar-refractivity contribution is 8.00. The minimum Gasteiger partial charge on any atom is -0.478 e. The number of carbonyl (C=O) groups is 2. The van der Waals surface area contributed by atoms with E-state index in [1.165, 1.54) is 12.1 Å². The molecule has 0 saturated heterocycles. The molecule has 1 unspecified atom stereocenters. The van der Waals surface area contributed by atoms with Crippen LogP contribution in [0.1, 0.15) is 37.0 Å². The van der Waals surface area contributed by atoms with Gasteiger partial charge < -0.3 is 10.4 Å². The van der Waals surface area contributed by atoms with Crippen molar-refractivity contribution in [1.29, 1.82) is 0 Å². The maximum absolute atomic E-state index is 13.6. The third-order valence-corrected chi connectivity index (χ3v) is 3.82. The molecular formula is C14H18FNO3S. The lowest BCUT2D eigenvalue weighted by atomic mass is 10.2. The fourth-order valence-electron chi connectivity index (χ4n) is 1.50. The molecule has 0 bridgehead atoms. The van der Waals surface area contributed by atoms with Gasteiger partial charge in [0.2, 0.25) is 5.91 Å². The Morgan fingerprint density at radius 3 is 2.75 bits per heavy atom. The Balaban J connectivity index is 2.69. The molecule has 2 N–H and O–H groups in total. The predicted octanol–water partition coefficient (Wildman–Crippen LogP) is 2.92. The van der Waals surface area contributed by atoms with Gasteiger partial charge in [-0.05, 0) is 31.5 Å². The first kappa shape index (κ1) is 16.5. The summed E-state index contributed by atoms with van der Waals surface area (Å²) >= 11 is 1.02. The Labute approximate surface area is 121 Å². The van der Waals surface area contributed by atoms with Crippen LogP contribution in [0.4, 0.5) is 4.39 Å². The first-order valence-corrected chi connectivity index (χ1v) is 7.31. The summed E-state index contributed by atoms with van der Waals surface area (Å²) in [5.74, 6) is -1.82. The number of carboxylic acids is 1. The molecule has 4 nitrogen and oxygen atoms in total. The minimum absolute atomic E-state index is 0.00694. The van der Waals surface area contributed by atoms with E-state index < -0.39 is 17.0 Å². The van der Waals surface area contributed by atoms with E-state index in [1.54, 1.807) is 6.92 Å². The summed E-state index contributed by atoms with van der Waals surface area (Å²) in [6, 6.07) is 3.55. The summed E-state index contributed by atoms with van der Waals surface area (Å²) in [6.07, 6.45) is 1.88. The number of aromatic carboxylic acids is 1. The van der Waals surface area contributed by atoms with Crippen LogP contribution >= 0.6 is 11.8 Å². The summed E-state index contributed by atoms with van der Waals surface area (Å²) in [4.78, 5) is 22.8. The summed E-state index contributed by atoms with van der Waals surface area (Å²) in [6.45, 7) is 4.29. The van der Waals surface area contributed by atoms with Crippen molar-refractivity contribution in [2.24, 2.45) is 0 Å². The molecule has 1 aromatic rings. The molecule has 0 aliphatic carbocycles. The molecule has 0 radical (unpaired) electrons. The summed E-state index contributed by atoms with van der Waals surface area (Å²) in [5.41, 5.74) is 0.00694. The number of unbranched alkanes of at least 4 members (excludes halogenated alkanes) is 1. The number of benzene rings is 1. The van der Waals surface area contributed by atoms with Crippen molar-refractivity contribution < 1.29 is 19.1 Å². The molecule has 20 heavy (non-hydrogen) atoms. The third-order valence-electron chi connectivity index (χ3n) is 2.68. The zero-order chi connectivity index (χ0) is 15.1. The smallest absolute Gasteiger partial charge is 0.335 e. The molecule has 1 rings (SSSR count). The number of hydrogen-bond acceptors (Lipinski definition) is 3. The molecule has 0 fully saturated rings. The second kappa shape index (κ2) is 7.89. The third kappa shape index (κ3) is 4.85. The van der Waals surface area contributed by atoms with E-state index in [4.69, 9.17) is 5.11 Å². The molecule has 110 valence electrons. The highest BCUT2D eigenvalue weighted by Crippen LogP contribution is 2.27. The maximum Gasteiger partial charge on any atom is 0.335 e. The van der Waals surface area contributed by atoms with Gasteiger partial charge >= 0.3 is 5.97 Å². The van der Waals surface area contributed by atoms with Gasteiger partial charge in [-0.15, -0.1) is 11.8 Å². The average molecular weight is 299 g/mol. The molecule has 0 spiro atoms. The molecule has 0 saturated carbocycles. The van der Waals surface area contributed by atoms with Gasteiger partial charge in [0.25, 0.3) is 0 Å². The molecule has 0 aromatic heterocycles. The number of hydrogen-bond donors (Lipinski definition) is 2. The fraction of sp³-hybridized carbons (Fsp3) is 0.429. The Hall–Kier alpha value is -1.56. The number of amides is 1. The van der Waals surface area contributed by atoms with Crippen LogP contribution < -0.4 is 5.32 Å². The lowest BCUT2D eigenvalue weighted by Gasteiger charge is -2.12. The fourth-order valence-corrected chi connectivity index (χ4v) is 2.45. The van der Waals surface area contributed by atoms with Gasteiger partial charge in [-0.2, -0.15) is 0 Å². The van der Waals surface area contributed by atoms with Gasteiger partial charge in [-0.1, -0.05) is 13.3 Å². The molecule has 1 amide bonds. The quantitative estimate of drug-likeness (QED) is 0.600. The van der Waals surface area contributed by atoms with E-state index in [-0.39, 0.29) is 16.4 Å². The molecule has 0 aliphatic rings. The Kier molecular flexibility index (Phi) is 6.51. The van der Waals surface area contributed by atoms with Crippen LogP contribution in [-0.4, -0.2) is 28.8 Å². The Bertz CT molecular complexity index is 493. The van der Waals surface area contributed by atoms with E-state index in [0.717, 1.165) is 30.7 Å². The molecule has 1 atom stereocenters. The van der Waals surface area contributed by atoms with Crippen LogP contribution in [0.25, 0.3) is 0 Å². The van der Waals surface area contributed by atoms with Crippen LogP contribution in [0.5, 0.6) is 0 Å². The second-order valence-corrected chi connectivity index (χ2v) is 5.74. The van der Waals surface area contributed by atoms with Crippen LogP contribution in [0.15, 0.2) is 23.1 Å². The highest BCUT2D eigenvalue weighted by Gasteiger charge is 2.17. The Morgan fingerprint density at radius 2 is 2.15 bits per heavy atom. The van der Waals surface area contributed by atoms with Crippen LogP contribution in [0, 0.1) is 5.82 Å². The molecular weight excluding hydrogens is 281 g/mol. The largest absolute Gasteiger partial charge is 0.478 e. The summed E-state index contributed by atoms with van der Waals surface area (Å²) in [7, 11) is 0. The zero-order valence-corrected chi connectivity index (χ0v) is 12.3. The lowest BCUT2D eigenvalue weighted by molar-refractivity contribution is -0.120. The highest BCUT2D eigenvalue weighted by atomic mass is 32.2. The topological polar surface area (TPSA) is 66.4 Å². The maximum atomic E-state index is 13.6. The van der Waals surface area contributed by atoms with Gasteiger partial charge in [0, 0.05) is 11.4 Å². The zero-order valence-electron chi connectivity index (χ0n) is 11.5. The van der Waals surface area contributed by atoms with E-state index >= 15 is 0 Å². The van der Waals surface area contributed by atoms with E-state index in [0.29, 0.717) is 6.54 Å². The van der Waals surface area contributed by atoms with Crippen molar-refractivity contribution in [2.45, 2.75) is 36.8 Å². The van der Waals surface area contributed by atoms with Crippen molar-refractivity contribution in [2.75, 3.05) is 6.54 Å². The number of rotatable bonds is 7. The number of carboxylic acid groups (broad SMARTS) is 1. The normalized spacial score (nSPS) is 11.9. The minimum atomic E-state index is -1.12. The van der Waals surface area contributed by atoms with Gasteiger partial charge in [-0.3, -0.25) is 4.79 Å². The van der Waals surface area contributed by atoms with Gasteiger partial charge in [0.05, 0.1) is 10.8 Å². The van der Waals surface area contributed by atoms with Crippen LogP contribution in [0.3, 0.4) is 0 Å². The van der Waals surface area contributed by atoms with Crippen molar-refractivity contribution in [3.05, 3.63) is 29.6 Å². The molecule has 0 aliphatic heterocycles. The van der Waals surface area contributed by atoms with Gasteiger partial charge in [0.15, 0.2) is 0 Å². The van der Waals surface area contributed by atoms with Crippen LogP contribution in [-0.2, 0) is 4.79 Å². The van der Waals surface area contributed by atoms with Crippen molar-refractivity contribution in [3.8, 4) is 0 Å². The number of thioether (sulfide) groups is 1. The molecule has 6 heteroatoms. The second-order valence-electron chi connectivity index (χ2n) is 4.36. The predicted molar refractivity (Wildman–Crippen MR) is 76.6 cm³/mol. The monoisotopic (exact) mass is 299 g/mol. The first-order chi connectivity index (χ1) is 9.45. The van der Waals surface area contributed by atoms with E-state index in [9.17, 15) is 14.0 Å².